The highest BCUT2D eigenvalue weighted by Gasteiger charge is 2.03. The number of halogens is 2. The van der Waals surface area contributed by atoms with E-state index in [2.05, 4.69) is 17.6 Å². The molecule has 0 saturated carbocycles. The summed E-state index contributed by atoms with van der Waals surface area (Å²) in [5.74, 6) is 0.740. The molecule has 0 amide bonds. The summed E-state index contributed by atoms with van der Waals surface area (Å²) in [4.78, 5) is 3.84. The summed E-state index contributed by atoms with van der Waals surface area (Å²) in [7, 11) is 0. The Morgan fingerprint density at radius 1 is 1.27 bits per heavy atom. The molecule has 0 spiro atoms. The SMILES string of the molecule is SCCc1c(Cl)cncc1Cl. The minimum Gasteiger partial charge on any atom is -0.262 e. The zero-order chi connectivity index (χ0) is 8.27. The molecule has 0 unspecified atom stereocenters. The highest BCUT2D eigenvalue weighted by molar-refractivity contribution is 7.80. The summed E-state index contributed by atoms with van der Waals surface area (Å²) in [6, 6.07) is 0. The fraction of sp³-hybridized carbons (Fsp3) is 0.286. The Balaban J connectivity index is 3.00. The molecule has 0 aliphatic heterocycles. The molecule has 0 atom stereocenters. The summed E-state index contributed by atoms with van der Waals surface area (Å²) < 4.78 is 0. The molecule has 11 heavy (non-hydrogen) atoms. The Morgan fingerprint density at radius 3 is 2.27 bits per heavy atom. The molecular weight excluding hydrogens is 201 g/mol. The maximum atomic E-state index is 5.83. The van der Waals surface area contributed by atoms with Crippen molar-refractivity contribution >= 4 is 35.8 Å². The molecule has 4 heteroatoms. The van der Waals surface area contributed by atoms with Crippen molar-refractivity contribution in [2.24, 2.45) is 0 Å². The second kappa shape index (κ2) is 4.19. The van der Waals surface area contributed by atoms with Crippen LogP contribution in [0.15, 0.2) is 12.4 Å². The molecule has 60 valence electrons. The standard InChI is InChI=1S/C7H7Cl2NS/c8-6-3-10-4-7(9)5(6)1-2-11/h3-4,11H,1-2H2. The van der Waals surface area contributed by atoms with E-state index < -0.39 is 0 Å². The number of rotatable bonds is 2. The van der Waals surface area contributed by atoms with Gasteiger partial charge in [-0.05, 0) is 17.7 Å². The van der Waals surface area contributed by atoms with Gasteiger partial charge in [-0.3, -0.25) is 4.98 Å². The number of pyridine rings is 1. The number of hydrogen-bond acceptors (Lipinski definition) is 2. The van der Waals surface area contributed by atoms with Gasteiger partial charge in [0.25, 0.3) is 0 Å². The van der Waals surface area contributed by atoms with Gasteiger partial charge in [0.05, 0.1) is 10.0 Å². The Hall–Kier alpha value is 0.0800. The van der Waals surface area contributed by atoms with E-state index in [0.29, 0.717) is 10.0 Å². The van der Waals surface area contributed by atoms with Gasteiger partial charge in [-0.15, -0.1) is 0 Å². The molecule has 0 saturated heterocycles. The van der Waals surface area contributed by atoms with Crippen LogP contribution >= 0.6 is 35.8 Å². The van der Waals surface area contributed by atoms with E-state index in [1.54, 1.807) is 12.4 Å². The molecule has 1 nitrogen and oxygen atoms in total. The fourth-order valence-corrected chi connectivity index (χ4v) is 1.57. The van der Waals surface area contributed by atoms with Gasteiger partial charge in [0.1, 0.15) is 0 Å². The first-order chi connectivity index (χ1) is 5.25. The van der Waals surface area contributed by atoms with E-state index in [-0.39, 0.29) is 0 Å². The lowest BCUT2D eigenvalue weighted by Gasteiger charge is -2.02. The third-order valence-corrected chi connectivity index (χ3v) is 2.19. The van der Waals surface area contributed by atoms with Crippen LogP contribution in [-0.2, 0) is 6.42 Å². The highest BCUT2D eigenvalue weighted by Crippen LogP contribution is 2.23. The van der Waals surface area contributed by atoms with Gasteiger partial charge >= 0.3 is 0 Å². The maximum absolute atomic E-state index is 5.83. The Labute approximate surface area is 81.1 Å². The zero-order valence-electron chi connectivity index (χ0n) is 5.72. The van der Waals surface area contributed by atoms with Crippen molar-refractivity contribution in [3.63, 3.8) is 0 Å². The largest absolute Gasteiger partial charge is 0.262 e. The van der Waals surface area contributed by atoms with Crippen molar-refractivity contribution in [1.82, 2.24) is 4.98 Å². The van der Waals surface area contributed by atoms with Crippen molar-refractivity contribution < 1.29 is 0 Å². The topological polar surface area (TPSA) is 12.9 Å². The molecule has 1 aromatic heterocycles. The molecule has 1 rings (SSSR count). The lowest BCUT2D eigenvalue weighted by molar-refractivity contribution is 1.14. The van der Waals surface area contributed by atoms with Gasteiger partial charge in [0.15, 0.2) is 0 Å². The third-order valence-electron chi connectivity index (χ3n) is 1.31. The van der Waals surface area contributed by atoms with E-state index in [9.17, 15) is 0 Å². The third kappa shape index (κ3) is 2.26. The van der Waals surface area contributed by atoms with Crippen molar-refractivity contribution in [1.29, 1.82) is 0 Å². The van der Waals surface area contributed by atoms with Crippen LogP contribution in [0.3, 0.4) is 0 Å². The predicted molar refractivity (Wildman–Crippen MR) is 51.8 cm³/mol. The van der Waals surface area contributed by atoms with Crippen molar-refractivity contribution in [2.75, 3.05) is 5.75 Å². The minimum atomic E-state index is 0.617. The van der Waals surface area contributed by atoms with Crippen LogP contribution in [0.1, 0.15) is 5.56 Å². The van der Waals surface area contributed by atoms with E-state index in [0.717, 1.165) is 17.7 Å². The molecule has 1 aromatic rings. The monoisotopic (exact) mass is 207 g/mol. The van der Waals surface area contributed by atoms with E-state index in [1.807, 2.05) is 0 Å². The molecule has 0 aliphatic rings. The Morgan fingerprint density at radius 2 is 1.82 bits per heavy atom. The van der Waals surface area contributed by atoms with Gasteiger partial charge < -0.3 is 0 Å². The maximum Gasteiger partial charge on any atom is 0.0636 e. The van der Waals surface area contributed by atoms with Gasteiger partial charge in [-0.2, -0.15) is 12.6 Å². The summed E-state index contributed by atoms with van der Waals surface area (Å²) in [5.41, 5.74) is 0.929. The highest BCUT2D eigenvalue weighted by atomic mass is 35.5. The number of thiol groups is 1. The van der Waals surface area contributed by atoms with Crippen LogP contribution in [0.25, 0.3) is 0 Å². The molecule has 0 aromatic carbocycles. The summed E-state index contributed by atoms with van der Waals surface area (Å²) in [6.45, 7) is 0. The van der Waals surface area contributed by atoms with Gasteiger partial charge in [-0.1, -0.05) is 23.2 Å². The van der Waals surface area contributed by atoms with Crippen molar-refractivity contribution in [2.45, 2.75) is 6.42 Å². The van der Waals surface area contributed by atoms with Gasteiger partial charge in [0, 0.05) is 12.4 Å². The normalized spacial score (nSPS) is 10.1. The summed E-state index contributed by atoms with van der Waals surface area (Å²) in [6.07, 6.45) is 3.96. The molecule has 0 aliphatic carbocycles. The van der Waals surface area contributed by atoms with E-state index in [1.165, 1.54) is 0 Å². The average molecular weight is 208 g/mol. The first-order valence-electron chi connectivity index (χ1n) is 3.14. The predicted octanol–water partition coefficient (Wildman–Crippen LogP) is 2.86. The molecule has 0 N–H and O–H groups in total. The lowest BCUT2D eigenvalue weighted by Crippen LogP contribution is -1.90. The first kappa shape index (κ1) is 9.17. The second-order valence-electron chi connectivity index (χ2n) is 2.06. The zero-order valence-corrected chi connectivity index (χ0v) is 8.13. The van der Waals surface area contributed by atoms with Crippen LogP contribution in [-0.4, -0.2) is 10.7 Å². The smallest absolute Gasteiger partial charge is 0.0636 e. The van der Waals surface area contributed by atoms with Crippen LogP contribution in [0, 0.1) is 0 Å². The van der Waals surface area contributed by atoms with Crippen molar-refractivity contribution in [3.8, 4) is 0 Å². The number of nitrogens with zero attached hydrogens (tertiary/aromatic N) is 1. The van der Waals surface area contributed by atoms with Crippen LogP contribution in [0.2, 0.25) is 10.0 Å². The molecule has 0 fully saturated rings. The molecule has 0 radical (unpaired) electrons. The van der Waals surface area contributed by atoms with Crippen LogP contribution in [0.4, 0.5) is 0 Å². The fourth-order valence-electron chi connectivity index (χ4n) is 0.789. The first-order valence-corrected chi connectivity index (χ1v) is 4.53. The molecule has 1 heterocycles. The van der Waals surface area contributed by atoms with Gasteiger partial charge in [0.2, 0.25) is 0 Å². The van der Waals surface area contributed by atoms with Gasteiger partial charge in [-0.25, -0.2) is 0 Å². The number of hydrogen-bond donors (Lipinski definition) is 1. The van der Waals surface area contributed by atoms with Crippen LogP contribution in [0.5, 0.6) is 0 Å². The number of aromatic nitrogens is 1. The van der Waals surface area contributed by atoms with Crippen LogP contribution < -0.4 is 0 Å². The Kier molecular flexibility index (Phi) is 3.49. The van der Waals surface area contributed by atoms with E-state index in [4.69, 9.17) is 23.2 Å². The Bertz CT molecular complexity index is 232. The minimum absolute atomic E-state index is 0.617. The summed E-state index contributed by atoms with van der Waals surface area (Å²) >= 11 is 15.7. The molecule has 0 bridgehead atoms. The molecular formula is C7H7Cl2NS. The van der Waals surface area contributed by atoms with Crippen molar-refractivity contribution in [3.05, 3.63) is 28.0 Å². The van der Waals surface area contributed by atoms with E-state index >= 15 is 0 Å². The second-order valence-corrected chi connectivity index (χ2v) is 3.32. The summed E-state index contributed by atoms with van der Waals surface area (Å²) in [5, 5.41) is 1.23. The average Bonchev–Trinajstić information content (AvgIpc) is 1.97. The lowest BCUT2D eigenvalue weighted by atomic mass is 10.2. The quantitative estimate of drug-likeness (QED) is 0.737.